The second-order valence-corrected chi connectivity index (χ2v) is 16.4. The topological polar surface area (TPSA) is 212 Å². The molecule has 13 nitrogen and oxygen atoms in total. The Kier molecular flexibility index (Phi) is 78.7. The summed E-state index contributed by atoms with van der Waals surface area (Å²) in [4.78, 5) is 27.5. The zero-order valence-corrected chi connectivity index (χ0v) is 65.2. The normalized spacial score (nSPS) is 8.92. The number of carbonyl (C=O) groups is 1. The molecule has 0 spiro atoms. The summed E-state index contributed by atoms with van der Waals surface area (Å²) >= 11 is 0. The molecular formula is C84H133N9O4. The average molecular weight is 1330 g/mol. The first-order chi connectivity index (χ1) is 47.5. The van der Waals surface area contributed by atoms with Crippen molar-refractivity contribution in [2.45, 2.75) is 213 Å². The Morgan fingerprint density at radius 3 is 0.990 bits per heavy atom. The van der Waals surface area contributed by atoms with E-state index in [1.54, 1.807) is 49.8 Å². The Hall–Kier alpha value is -9.49. The van der Waals surface area contributed by atoms with Crippen LogP contribution in [-0.4, -0.2) is 26.4 Å². The minimum absolute atomic E-state index is 0.0691. The molecule has 0 bridgehead atoms. The smallest absolute Gasteiger partial charge is 0.159 e. The maximum Gasteiger partial charge on any atom is 0.159 e. The lowest BCUT2D eigenvalue weighted by molar-refractivity contribution is 0.101. The van der Waals surface area contributed by atoms with Crippen LogP contribution in [0.4, 0.5) is 34.5 Å². The molecule has 97 heavy (non-hydrogen) atoms. The first-order valence-corrected chi connectivity index (χ1v) is 35.5. The molecule has 6 aromatic carbocycles. The molecule has 0 fully saturated rings. The predicted molar refractivity (Wildman–Crippen MR) is 432 cm³/mol. The van der Waals surface area contributed by atoms with Gasteiger partial charge in [-0.05, 0) is 146 Å². The Labute approximate surface area is 592 Å². The van der Waals surface area contributed by atoms with Crippen molar-refractivity contribution in [3.63, 3.8) is 0 Å². The SMILES string of the molecule is CC.CC.CC.CC.CC.CC.CC.CC.CC.CC.CC.CC.CC(=Nc1cccnc1N)c1ccc(OCc2ccccc2)cc1.CC(=O)c1ccc(OCc2ccccc2)cc1.CC(Nc1cccnc1N)c1ccc(OCc2ccccc2)cc1.Nc1cccnc1N. The van der Waals surface area contributed by atoms with Gasteiger partial charge in [0.1, 0.15) is 60.2 Å². The van der Waals surface area contributed by atoms with Crippen molar-refractivity contribution in [1.82, 2.24) is 15.0 Å². The number of Topliss-reactive ketones (excluding diaryl/α,β-unsaturated/α-hetero) is 1. The van der Waals surface area contributed by atoms with E-state index in [0.29, 0.717) is 54.2 Å². The first kappa shape index (κ1) is 101. The number of nitrogen functional groups attached to an aromatic ring is 4. The highest BCUT2D eigenvalue weighted by Crippen LogP contribution is 2.25. The van der Waals surface area contributed by atoms with Gasteiger partial charge < -0.3 is 42.5 Å². The highest BCUT2D eigenvalue weighted by molar-refractivity contribution is 6.00. The Morgan fingerprint density at radius 1 is 0.371 bits per heavy atom. The number of ketones is 1. The summed E-state index contributed by atoms with van der Waals surface area (Å²) in [6.45, 7) is 55.3. The first-order valence-electron chi connectivity index (χ1n) is 35.5. The van der Waals surface area contributed by atoms with Crippen molar-refractivity contribution in [3.05, 3.63) is 252 Å². The molecule has 13 heteroatoms. The molecule has 3 heterocycles. The number of hydrogen-bond acceptors (Lipinski definition) is 13. The maximum absolute atomic E-state index is 11.1. The van der Waals surface area contributed by atoms with Gasteiger partial charge in [-0.1, -0.05) is 269 Å². The van der Waals surface area contributed by atoms with E-state index in [1.165, 1.54) is 0 Å². The van der Waals surface area contributed by atoms with Crippen molar-refractivity contribution >= 4 is 46.0 Å². The van der Waals surface area contributed by atoms with Gasteiger partial charge in [0, 0.05) is 35.9 Å². The van der Waals surface area contributed by atoms with Gasteiger partial charge in [-0.25, -0.2) is 19.9 Å². The Bertz CT molecular complexity index is 3060. The molecule has 0 saturated heterocycles. The molecule has 0 radical (unpaired) electrons. The lowest BCUT2D eigenvalue weighted by atomic mass is 10.1. The molecule has 3 aromatic heterocycles. The number of aromatic nitrogens is 3. The number of nitrogens with zero attached hydrogens (tertiary/aromatic N) is 4. The molecule has 0 saturated carbocycles. The van der Waals surface area contributed by atoms with Crippen molar-refractivity contribution < 1.29 is 19.0 Å². The van der Waals surface area contributed by atoms with Gasteiger partial charge in [0.15, 0.2) is 5.78 Å². The molecule has 9 N–H and O–H groups in total. The fourth-order valence-corrected chi connectivity index (χ4v) is 6.69. The van der Waals surface area contributed by atoms with Crippen LogP contribution in [0.5, 0.6) is 17.2 Å². The van der Waals surface area contributed by atoms with E-state index >= 15 is 0 Å². The van der Waals surface area contributed by atoms with Crippen molar-refractivity contribution in [1.29, 1.82) is 0 Å². The molecule has 0 aliphatic carbocycles. The van der Waals surface area contributed by atoms with E-state index in [0.717, 1.165) is 56.5 Å². The monoisotopic (exact) mass is 1330 g/mol. The molecule has 0 aliphatic rings. The Morgan fingerprint density at radius 2 is 0.680 bits per heavy atom. The molecule has 1 atom stereocenters. The summed E-state index contributed by atoms with van der Waals surface area (Å²) in [6, 6.07) is 64.4. The summed E-state index contributed by atoms with van der Waals surface area (Å²) in [5.74, 6) is 3.87. The van der Waals surface area contributed by atoms with Crippen LogP contribution in [-0.2, 0) is 19.8 Å². The molecule has 538 valence electrons. The number of pyridine rings is 3. The minimum Gasteiger partial charge on any atom is -0.489 e. The van der Waals surface area contributed by atoms with Gasteiger partial charge in [-0.15, -0.1) is 0 Å². The van der Waals surface area contributed by atoms with Crippen LogP contribution in [0.3, 0.4) is 0 Å². The van der Waals surface area contributed by atoms with Crippen LogP contribution >= 0.6 is 0 Å². The summed E-state index contributed by atoms with van der Waals surface area (Å²) in [7, 11) is 0. The molecule has 0 aliphatic heterocycles. The number of benzene rings is 6. The standard InChI is InChI=1S/C20H21N3O.C20H19N3O.C15H14O2.C5H7N3.12C2H6/c2*1-15(23-19-8-5-13-22-20(19)21)17-9-11-18(12-10-17)24-14-16-6-3-2-4-7-16;1-12(16)14-7-9-15(10-8-14)17-11-13-5-3-2-4-6-13;6-4-2-1-3-8-5(4)7;12*1-2/h2-13,15,23H,14H2,1H3,(H2,21,22);2-13H,14H2,1H3,(H2,21,22);2-10H,11H2,1H3;1-3H,6H2,(H2,7,8);12*1-2H3. The number of anilines is 5. The molecule has 0 amide bonds. The number of nitrogens with one attached hydrogen (secondary N) is 1. The highest BCUT2D eigenvalue weighted by Gasteiger charge is 2.09. The largest absolute Gasteiger partial charge is 0.489 e. The number of nitrogens with two attached hydrogens (primary N) is 4. The zero-order valence-electron chi connectivity index (χ0n) is 65.2. The fourth-order valence-electron chi connectivity index (χ4n) is 6.69. The van der Waals surface area contributed by atoms with Gasteiger partial charge in [0.25, 0.3) is 0 Å². The third-order valence-electron chi connectivity index (χ3n) is 10.8. The maximum atomic E-state index is 11.1. The van der Waals surface area contributed by atoms with Crippen LogP contribution in [0.2, 0.25) is 0 Å². The second-order valence-electron chi connectivity index (χ2n) is 16.4. The number of ether oxygens (including phenoxy) is 3. The van der Waals surface area contributed by atoms with E-state index in [-0.39, 0.29) is 11.8 Å². The minimum atomic E-state index is 0.0691. The van der Waals surface area contributed by atoms with Crippen LogP contribution in [0, 0.1) is 0 Å². The van der Waals surface area contributed by atoms with Gasteiger partial charge in [-0.2, -0.15) is 0 Å². The van der Waals surface area contributed by atoms with Crippen LogP contribution in [0.1, 0.15) is 231 Å². The lowest BCUT2D eigenvalue weighted by Gasteiger charge is -2.17. The predicted octanol–water partition coefficient (Wildman–Crippen LogP) is 24.8. The number of hydrogen-bond donors (Lipinski definition) is 5. The van der Waals surface area contributed by atoms with Crippen molar-refractivity contribution in [2.75, 3.05) is 28.3 Å². The number of carbonyl (C=O) groups excluding carboxylic acids is 1. The number of rotatable bonds is 15. The summed E-state index contributed by atoms with van der Waals surface area (Å²) in [5.41, 5.74) is 31.6. The van der Waals surface area contributed by atoms with E-state index in [1.807, 2.05) is 325 Å². The number of aliphatic imine (C=N–C) groups is 1. The fraction of sp³-hybridized carbons (Fsp3) is 0.369. The lowest BCUT2D eigenvalue weighted by Crippen LogP contribution is -2.09. The van der Waals surface area contributed by atoms with E-state index in [9.17, 15) is 4.79 Å². The van der Waals surface area contributed by atoms with Crippen LogP contribution in [0.25, 0.3) is 0 Å². The molecular weight excluding hydrogens is 1200 g/mol. The molecule has 9 aromatic rings. The second kappa shape index (κ2) is 75.5. The summed E-state index contributed by atoms with van der Waals surface area (Å²) < 4.78 is 17.2. The van der Waals surface area contributed by atoms with Gasteiger partial charge in [0.2, 0.25) is 0 Å². The van der Waals surface area contributed by atoms with E-state index in [4.69, 9.17) is 37.1 Å². The average Bonchev–Trinajstić information content (AvgIpc) is 1.60. The third-order valence-corrected chi connectivity index (χ3v) is 10.8. The summed E-state index contributed by atoms with van der Waals surface area (Å²) in [5, 5.41) is 3.38. The highest BCUT2D eigenvalue weighted by atomic mass is 16.5. The van der Waals surface area contributed by atoms with Gasteiger partial charge in [-0.3, -0.25) is 4.79 Å². The summed E-state index contributed by atoms with van der Waals surface area (Å²) in [6.07, 6.45) is 4.94. The molecule has 1 unspecified atom stereocenters. The van der Waals surface area contributed by atoms with Crippen LogP contribution in [0.15, 0.2) is 224 Å². The molecule has 9 rings (SSSR count). The quantitative estimate of drug-likeness (QED) is 0.0479. The van der Waals surface area contributed by atoms with Crippen molar-refractivity contribution in [2.24, 2.45) is 4.99 Å². The van der Waals surface area contributed by atoms with Gasteiger partial charge in [0.05, 0.1) is 11.4 Å². The third kappa shape index (κ3) is 48.8. The van der Waals surface area contributed by atoms with E-state index in [2.05, 4.69) is 56.5 Å². The van der Waals surface area contributed by atoms with Gasteiger partial charge >= 0.3 is 0 Å². The van der Waals surface area contributed by atoms with Crippen molar-refractivity contribution in [3.8, 4) is 17.2 Å². The van der Waals surface area contributed by atoms with Crippen LogP contribution < -0.4 is 42.5 Å². The Balaban J connectivity index is -0.000000208. The zero-order chi connectivity index (χ0) is 75.6. The van der Waals surface area contributed by atoms with E-state index < -0.39 is 0 Å².